The molecule has 25 heavy (non-hydrogen) atoms. The molecule has 0 bridgehead atoms. The third kappa shape index (κ3) is 4.55. The minimum atomic E-state index is 0.0782. The molecule has 0 saturated carbocycles. The number of amides is 1. The van der Waals surface area contributed by atoms with Crippen molar-refractivity contribution in [2.24, 2.45) is 0 Å². The Morgan fingerprint density at radius 3 is 2.52 bits per heavy atom. The average molecular weight is 360 g/mol. The summed E-state index contributed by atoms with van der Waals surface area (Å²) in [6.07, 6.45) is 1.46. The largest absolute Gasteiger partial charge is 0.488 e. The zero-order valence-corrected chi connectivity index (χ0v) is 16.2. The van der Waals surface area contributed by atoms with Gasteiger partial charge in [-0.2, -0.15) is 0 Å². The second kappa shape index (κ2) is 8.91. The number of rotatable bonds is 7. The molecule has 4 heteroatoms. The van der Waals surface area contributed by atoms with Crippen molar-refractivity contribution in [3.05, 3.63) is 58.1 Å². The molecule has 0 unspecified atom stereocenters. The summed E-state index contributed by atoms with van der Waals surface area (Å²) in [5.41, 5.74) is 4.05. The summed E-state index contributed by atoms with van der Waals surface area (Å²) >= 11 is 6.41. The number of hydrogen-bond donors (Lipinski definition) is 0. The number of carbonyl (C=O) groups is 1. The van der Waals surface area contributed by atoms with Crippen LogP contribution in [0.15, 0.2) is 36.4 Å². The van der Waals surface area contributed by atoms with Crippen molar-refractivity contribution in [2.75, 3.05) is 11.4 Å². The van der Waals surface area contributed by atoms with E-state index in [1.54, 1.807) is 4.90 Å². The lowest BCUT2D eigenvalue weighted by molar-refractivity contribution is -0.118. The van der Waals surface area contributed by atoms with Crippen LogP contribution in [0.5, 0.6) is 5.75 Å². The molecule has 0 aromatic heterocycles. The third-order valence-electron chi connectivity index (χ3n) is 4.32. The summed E-state index contributed by atoms with van der Waals surface area (Å²) in [5, 5.41) is 0.614. The first-order valence-electron chi connectivity index (χ1n) is 8.81. The van der Waals surface area contributed by atoms with Gasteiger partial charge in [0.25, 0.3) is 0 Å². The molecule has 0 fully saturated rings. The standard InChI is InChI=1S/C21H26ClNO2/c1-5-16-11-12-20(15(4)13-16)25-14-17-18(22)9-8-10-19(17)23(7-3)21(24)6-2/h8-13H,5-7,14H2,1-4H3. The Balaban J connectivity index is 2.29. The average Bonchev–Trinajstić information content (AvgIpc) is 2.62. The van der Waals surface area contributed by atoms with E-state index in [0.29, 0.717) is 24.6 Å². The first-order valence-corrected chi connectivity index (χ1v) is 9.19. The van der Waals surface area contributed by atoms with Gasteiger partial charge < -0.3 is 9.64 Å². The maximum absolute atomic E-state index is 12.2. The molecule has 0 spiro atoms. The Morgan fingerprint density at radius 1 is 1.16 bits per heavy atom. The van der Waals surface area contributed by atoms with Gasteiger partial charge in [0.05, 0.1) is 5.69 Å². The molecule has 0 heterocycles. The Bertz CT molecular complexity index is 743. The Hall–Kier alpha value is -2.00. The SMILES string of the molecule is CCC(=O)N(CC)c1cccc(Cl)c1COc1ccc(CC)cc1C. The number of ether oxygens (including phenoxy) is 1. The first kappa shape index (κ1) is 19.3. The van der Waals surface area contributed by atoms with Crippen molar-refractivity contribution in [3.8, 4) is 5.75 Å². The Kier molecular flexibility index (Phi) is 6.89. The van der Waals surface area contributed by atoms with E-state index in [-0.39, 0.29) is 5.91 Å². The minimum Gasteiger partial charge on any atom is -0.488 e. The maximum Gasteiger partial charge on any atom is 0.226 e. The van der Waals surface area contributed by atoms with Crippen molar-refractivity contribution in [1.82, 2.24) is 0 Å². The monoisotopic (exact) mass is 359 g/mol. The fourth-order valence-electron chi connectivity index (χ4n) is 2.86. The molecule has 0 radical (unpaired) electrons. The lowest BCUT2D eigenvalue weighted by Crippen LogP contribution is -2.31. The van der Waals surface area contributed by atoms with Crippen LogP contribution in [0, 0.1) is 6.92 Å². The minimum absolute atomic E-state index is 0.0782. The summed E-state index contributed by atoms with van der Waals surface area (Å²) in [6, 6.07) is 11.8. The number of benzene rings is 2. The molecule has 0 N–H and O–H groups in total. The van der Waals surface area contributed by atoms with Crippen LogP contribution in [0.4, 0.5) is 5.69 Å². The van der Waals surface area contributed by atoms with Gasteiger partial charge in [-0.05, 0) is 49.6 Å². The van der Waals surface area contributed by atoms with Crippen LogP contribution < -0.4 is 9.64 Å². The topological polar surface area (TPSA) is 29.5 Å². The van der Waals surface area contributed by atoms with Gasteiger partial charge in [-0.25, -0.2) is 0 Å². The zero-order chi connectivity index (χ0) is 18.4. The Morgan fingerprint density at radius 2 is 1.92 bits per heavy atom. The second-order valence-electron chi connectivity index (χ2n) is 5.97. The number of nitrogens with zero attached hydrogens (tertiary/aromatic N) is 1. The predicted molar refractivity (Wildman–Crippen MR) is 105 cm³/mol. The lowest BCUT2D eigenvalue weighted by atomic mass is 10.1. The van der Waals surface area contributed by atoms with Gasteiger partial charge in [0, 0.05) is 23.6 Å². The molecule has 0 aliphatic rings. The van der Waals surface area contributed by atoms with E-state index >= 15 is 0 Å². The van der Waals surface area contributed by atoms with Crippen LogP contribution in [-0.4, -0.2) is 12.5 Å². The highest BCUT2D eigenvalue weighted by Crippen LogP contribution is 2.30. The van der Waals surface area contributed by atoms with Gasteiger partial charge in [0.15, 0.2) is 0 Å². The first-order chi connectivity index (χ1) is 12.0. The second-order valence-corrected chi connectivity index (χ2v) is 6.38. The van der Waals surface area contributed by atoms with Crippen molar-refractivity contribution in [1.29, 1.82) is 0 Å². The zero-order valence-electron chi connectivity index (χ0n) is 15.4. The van der Waals surface area contributed by atoms with Crippen LogP contribution in [0.1, 0.15) is 43.9 Å². The molecule has 0 aliphatic heterocycles. The summed E-state index contributed by atoms with van der Waals surface area (Å²) < 4.78 is 6.03. The predicted octanol–water partition coefficient (Wildman–Crippen LogP) is 5.55. The van der Waals surface area contributed by atoms with Crippen molar-refractivity contribution >= 4 is 23.2 Å². The van der Waals surface area contributed by atoms with Crippen molar-refractivity contribution < 1.29 is 9.53 Å². The number of aryl methyl sites for hydroxylation is 2. The summed E-state index contributed by atoms with van der Waals surface area (Å²) in [7, 11) is 0. The molecule has 0 saturated heterocycles. The molecular formula is C21H26ClNO2. The molecule has 3 nitrogen and oxygen atoms in total. The van der Waals surface area contributed by atoms with Gasteiger partial charge in [-0.3, -0.25) is 4.79 Å². The van der Waals surface area contributed by atoms with Crippen LogP contribution in [0.3, 0.4) is 0 Å². The smallest absolute Gasteiger partial charge is 0.226 e. The molecule has 2 aromatic carbocycles. The Labute approximate surface area is 155 Å². The van der Waals surface area contributed by atoms with E-state index in [1.165, 1.54) is 5.56 Å². The fraction of sp³-hybridized carbons (Fsp3) is 0.381. The van der Waals surface area contributed by atoms with Gasteiger partial charge in [0.1, 0.15) is 12.4 Å². The highest BCUT2D eigenvalue weighted by molar-refractivity contribution is 6.31. The van der Waals surface area contributed by atoms with E-state index in [0.717, 1.165) is 29.0 Å². The molecule has 0 aliphatic carbocycles. The van der Waals surface area contributed by atoms with Gasteiger partial charge >= 0.3 is 0 Å². The molecular weight excluding hydrogens is 334 g/mol. The van der Waals surface area contributed by atoms with Crippen LogP contribution in [-0.2, 0) is 17.8 Å². The van der Waals surface area contributed by atoms with Crippen LogP contribution in [0.2, 0.25) is 5.02 Å². The number of hydrogen-bond acceptors (Lipinski definition) is 2. The van der Waals surface area contributed by atoms with E-state index in [4.69, 9.17) is 16.3 Å². The van der Waals surface area contributed by atoms with Gasteiger partial charge in [-0.1, -0.05) is 43.6 Å². The normalized spacial score (nSPS) is 10.6. The summed E-state index contributed by atoms with van der Waals surface area (Å²) in [6.45, 7) is 8.94. The highest BCUT2D eigenvalue weighted by atomic mass is 35.5. The quantitative estimate of drug-likeness (QED) is 0.648. The molecule has 2 aromatic rings. The molecule has 0 atom stereocenters. The van der Waals surface area contributed by atoms with E-state index < -0.39 is 0 Å². The van der Waals surface area contributed by atoms with Crippen LogP contribution in [0.25, 0.3) is 0 Å². The van der Waals surface area contributed by atoms with Gasteiger partial charge in [-0.15, -0.1) is 0 Å². The van der Waals surface area contributed by atoms with E-state index in [1.807, 2.05) is 45.0 Å². The molecule has 2 rings (SSSR count). The number of halogens is 1. The van der Waals surface area contributed by atoms with Crippen LogP contribution >= 0.6 is 11.6 Å². The number of carbonyl (C=O) groups excluding carboxylic acids is 1. The highest BCUT2D eigenvalue weighted by Gasteiger charge is 2.18. The fourth-order valence-corrected chi connectivity index (χ4v) is 3.08. The molecule has 134 valence electrons. The van der Waals surface area contributed by atoms with Crippen molar-refractivity contribution in [2.45, 2.75) is 47.1 Å². The summed E-state index contributed by atoms with van der Waals surface area (Å²) in [5.74, 6) is 0.919. The third-order valence-corrected chi connectivity index (χ3v) is 4.68. The van der Waals surface area contributed by atoms with Crippen molar-refractivity contribution in [3.63, 3.8) is 0 Å². The van der Waals surface area contributed by atoms with E-state index in [9.17, 15) is 4.79 Å². The lowest BCUT2D eigenvalue weighted by Gasteiger charge is -2.24. The number of anilines is 1. The molecule has 1 amide bonds. The maximum atomic E-state index is 12.2. The van der Waals surface area contributed by atoms with E-state index in [2.05, 4.69) is 19.1 Å². The summed E-state index contributed by atoms with van der Waals surface area (Å²) in [4.78, 5) is 14.0. The van der Waals surface area contributed by atoms with Gasteiger partial charge in [0.2, 0.25) is 5.91 Å².